The number of carbonyl (C=O) groups excluding carboxylic acids is 1. The van der Waals surface area contributed by atoms with Gasteiger partial charge in [0.25, 0.3) is 0 Å². The largest absolute Gasteiger partial charge is 0.465 e. The Balaban J connectivity index is 4.62. The van der Waals surface area contributed by atoms with Crippen molar-refractivity contribution in [1.82, 2.24) is 0 Å². The van der Waals surface area contributed by atoms with Crippen molar-refractivity contribution >= 4 is 5.97 Å². The molecule has 0 radical (unpaired) electrons. The normalized spacial score (nSPS) is 12.8. The fourth-order valence-corrected chi connectivity index (χ4v) is 0.866. The number of nitrogens with zero attached hydrogens (tertiary/aromatic N) is 1. The molecular weight excluding hydrogens is 166 g/mol. The fraction of sp³-hybridized carbons (Fsp3) is 0.600. The number of hydrogen-bond donors (Lipinski definition) is 0. The Bertz CT molecular complexity index is 238. The van der Waals surface area contributed by atoms with Gasteiger partial charge in [0, 0.05) is 5.41 Å². The van der Waals surface area contributed by atoms with E-state index in [1.54, 1.807) is 26.8 Å². The molecule has 1 atom stereocenters. The van der Waals surface area contributed by atoms with Crippen LogP contribution < -0.4 is 0 Å². The van der Waals surface area contributed by atoms with E-state index in [0.29, 0.717) is 6.61 Å². The first kappa shape index (κ1) is 11.7. The van der Waals surface area contributed by atoms with Crippen LogP contribution in [-0.2, 0) is 9.53 Å². The Labute approximate surface area is 79.0 Å². The summed E-state index contributed by atoms with van der Waals surface area (Å²) in [4.78, 5) is 11.3. The third-order valence-corrected chi connectivity index (χ3v) is 1.92. The van der Waals surface area contributed by atoms with Crippen molar-refractivity contribution in [3.63, 3.8) is 0 Å². The van der Waals surface area contributed by atoms with E-state index in [0.717, 1.165) is 0 Å². The number of hydrogen-bond acceptors (Lipinski definition) is 3. The summed E-state index contributed by atoms with van der Waals surface area (Å²) in [5.74, 6) is -1.25. The van der Waals surface area contributed by atoms with Crippen LogP contribution in [0.5, 0.6) is 0 Å². The summed E-state index contributed by atoms with van der Waals surface area (Å²) in [6, 6.07) is 1.93. The van der Waals surface area contributed by atoms with Crippen molar-refractivity contribution in [3.05, 3.63) is 12.7 Å². The molecule has 13 heavy (non-hydrogen) atoms. The summed E-state index contributed by atoms with van der Waals surface area (Å²) < 4.78 is 4.77. The van der Waals surface area contributed by atoms with Gasteiger partial charge in [-0.15, -0.1) is 6.58 Å². The van der Waals surface area contributed by atoms with E-state index in [-0.39, 0.29) is 0 Å². The van der Waals surface area contributed by atoms with Crippen molar-refractivity contribution in [2.75, 3.05) is 6.61 Å². The van der Waals surface area contributed by atoms with Gasteiger partial charge >= 0.3 is 5.97 Å². The van der Waals surface area contributed by atoms with Crippen LogP contribution in [-0.4, -0.2) is 12.6 Å². The minimum Gasteiger partial charge on any atom is -0.465 e. The van der Waals surface area contributed by atoms with Crippen LogP contribution in [0.15, 0.2) is 12.7 Å². The second kappa shape index (κ2) is 4.66. The van der Waals surface area contributed by atoms with Crippen LogP contribution in [0, 0.1) is 22.7 Å². The zero-order valence-electron chi connectivity index (χ0n) is 8.33. The van der Waals surface area contributed by atoms with Crippen molar-refractivity contribution < 1.29 is 9.53 Å². The predicted octanol–water partition coefficient (Wildman–Crippen LogP) is 1.90. The monoisotopic (exact) mass is 181 g/mol. The summed E-state index contributed by atoms with van der Waals surface area (Å²) >= 11 is 0. The molecule has 0 bridgehead atoms. The smallest absolute Gasteiger partial charge is 0.324 e. The second-order valence-electron chi connectivity index (χ2n) is 3.34. The molecule has 0 amide bonds. The van der Waals surface area contributed by atoms with Gasteiger partial charge in [-0.2, -0.15) is 5.26 Å². The average molecular weight is 181 g/mol. The molecule has 0 N–H and O–H groups in total. The first-order valence-corrected chi connectivity index (χ1v) is 4.19. The summed E-state index contributed by atoms with van der Waals surface area (Å²) in [5, 5.41) is 8.79. The molecule has 0 aromatic heterocycles. The molecule has 0 spiro atoms. The highest BCUT2D eigenvalue weighted by molar-refractivity contribution is 5.76. The van der Waals surface area contributed by atoms with E-state index in [4.69, 9.17) is 10.00 Å². The third kappa shape index (κ3) is 2.90. The molecule has 0 aromatic carbocycles. The number of ether oxygens (including phenoxy) is 1. The number of nitriles is 1. The molecule has 0 aromatic rings. The molecule has 0 saturated heterocycles. The SMILES string of the molecule is C=CC(C)(C)[C@@H](C#N)C(=O)OCC. The van der Waals surface area contributed by atoms with E-state index < -0.39 is 17.3 Å². The van der Waals surface area contributed by atoms with Crippen molar-refractivity contribution in [2.24, 2.45) is 11.3 Å². The Morgan fingerprint density at radius 3 is 2.62 bits per heavy atom. The Hall–Kier alpha value is -1.30. The van der Waals surface area contributed by atoms with Gasteiger partial charge in [-0.1, -0.05) is 19.9 Å². The summed E-state index contributed by atoms with van der Waals surface area (Å²) in [6.45, 7) is 9.16. The molecule has 0 aliphatic carbocycles. The fourth-order valence-electron chi connectivity index (χ4n) is 0.866. The lowest BCUT2D eigenvalue weighted by Gasteiger charge is -2.23. The third-order valence-electron chi connectivity index (χ3n) is 1.92. The molecule has 72 valence electrons. The van der Waals surface area contributed by atoms with Crippen molar-refractivity contribution in [3.8, 4) is 6.07 Å². The van der Waals surface area contributed by atoms with Gasteiger partial charge in [0.15, 0.2) is 5.92 Å². The van der Waals surface area contributed by atoms with E-state index in [1.807, 2.05) is 6.07 Å². The van der Waals surface area contributed by atoms with Crippen LogP contribution >= 0.6 is 0 Å². The second-order valence-corrected chi connectivity index (χ2v) is 3.34. The molecule has 0 aliphatic heterocycles. The molecule has 0 aliphatic rings. The van der Waals surface area contributed by atoms with Crippen LogP contribution in [0.1, 0.15) is 20.8 Å². The molecule has 0 fully saturated rings. The van der Waals surface area contributed by atoms with E-state index in [1.165, 1.54) is 0 Å². The van der Waals surface area contributed by atoms with Crippen LogP contribution in [0.3, 0.4) is 0 Å². The number of allylic oxidation sites excluding steroid dienone is 1. The van der Waals surface area contributed by atoms with E-state index >= 15 is 0 Å². The maximum atomic E-state index is 11.3. The predicted molar refractivity (Wildman–Crippen MR) is 49.7 cm³/mol. The highest BCUT2D eigenvalue weighted by Crippen LogP contribution is 2.28. The lowest BCUT2D eigenvalue weighted by atomic mass is 9.80. The Kier molecular flexibility index (Phi) is 4.19. The van der Waals surface area contributed by atoms with Crippen LogP contribution in [0.25, 0.3) is 0 Å². The zero-order valence-corrected chi connectivity index (χ0v) is 8.33. The highest BCUT2D eigenvalue weighted by Gasteiger charge is 2.33. The maximum Gasteiger partial charge on any atom is 0.324 e. The molecule has 3 heteroatoms. The highest BCUT2D eigenvalue weighted by atomic mass is 16.5. The van der Waals surface area contributed by atoms with Gasteiger partial charge in [0.05, 0.1) is 12.7 Å². The standard InChI is InChI=1S/C10H15NO2/c1-5-10(3,4)8(7-11)9(12)13-6-2/h5,8H,1,6H2,2-4H3/t8-/m0/s1. The summed E-state index contributed by atoms with van der Waals surface area (Å²) in [7, 11) is 0. The molecule has 0 unspecified atom stereocenters. The van der Waals surface area contributed by atoms with Crippen LogP contribution in [0.4, 0.5) is 0 Å². The van der Waals surface area contributed by atoms with Crippen molar-refractivity contribution in [1.29, 1.82) is 5.26 Å². The van der Waals surface area contributed by atoms with Gasteiger partial charge in [-0.05, 0) is 6.92 Å². The van der Waals surface area contributed by atoms with Gasteiger partial charge < -0.3 is 4.74 Å². The zero-order chi connectivity index (χ0) is 10.5. The van der Waals surface area contributed by atoms with Crippen LogP contribution in [0.2, 0.25) is 0 Å². The average Bonchev–Trinajstić information content (AvgIpc) is 2.05. The van der Waals surface area contributed by atoms with Gasteiger partial charge in [-0.3, -0.25) is 4.79 Å². The van der Waals surface area contributed by atoms with Gasteiger partial charge in [0.1, 0.15) is 0 Å². The van der Waals surface area contributed by atoms with Crippen molar-refractivity contribution in [2.45, 2.75) is 20.8 Å². The van der Waals surface area contributed by atoms with Gasteiger partial charge in [-0.25, -0.2) is 0 Å². The summed E-state index contributed by atoms with van der Waals surface area (Å²) in [5.41, 5.74) is -0.541. The minimum absolute atomic E-state index is 0.296. The number of rotatable bonds is 4. The van der Waals surface area contributed by atoms with E-state index in [9.17, 15) is 4.79 Å². The Morgan fingerprint density at radius 2 is 2.31 bits per heavy atom. The molecule has 3 nitrogen and oxygen atoms in total. The summed E-state index contributed by atoms with van der Waals surface area (Å²) in [6.07, 6.45) is 1.60. The lowest BCUT2D eigenvalue weighted by molar-refractivity contribution is -0.148. The quantitative estimate of drug-likeness (QED) is 0.491. The molecule has 0 heterocycles. The first-order chi connectivity index (χ1) is 5.99. The first-order valence-electron chi connectivity index (χ1n) is 4.19. The number of esters is 1. The molecule has 0 saturated carbocycles. The topological polar surface area (TPSA) is 50.1 Å². The maximum absolute atomic E-state index is 11.3. The van der Waals surface area contributed by atoms with Gasteiger partial charge in [0.2, 0.25) is 0 Å². The van der Waals surface area contributed by atoms with E-state index in [2.05, 4.69) is 6.58 Å². The minimum atomic E-state index is -0.773. The lowest BCUT2D eigenvalue weighted by Crippen LogP contribution is -2.29. The number of carbonyl (C=O) groups is 1. The molecule has 0 rings (SSSR count). The Morgan fingerprint density at radius 1 is 1.77 bits per heavy atom. The molecular formula is C10H15NO2.